The number of nitrogens with zero attached hydrogens (tertiary/aromatic N) is 1. The second kappa shape index (κ2) is 5.68. The molecule has 7 atom stereocenters. The second-order valence-electron chi connectivity index (χ2n) is 9.09. The summed E-state index contributed by atoms with van der Waals surface area (Å²) >= 11 is 0. The SMILES string of the molecule is CN(C)[C@@H]1C(O)=C(C(N)=O)C=C2C=C3C(=O)C4C5C=CC(C5)C4CC3CC21. The number of ketones is 1. The molecule has 5 heteroatoms. The number of Topliss-reactive ketones (excluding diaryl/α,β-unsaturated/α-hetero) is 1. The molecule has 5 nitrogen and oxygen atoms in total. The fraction of sp³-hybridized carbons (Fsp3) is 0.545. The molecule has 2 bridgehead atoms. The number of fused-ring (bicyclic) bond motifs is 7. The Kier molecular flexibility index (Phi) is 3.57. The summed E-state index contributed by atoms with van der Waals surface area (Å²) in [6.45, 7) is 0. The predicted octanol–water partition coefficient (Wildman–Crippen LogP) is 2.13. The van der Waals surface area contributed by atoms with Gasteiger partial charge in [0, 0.05) is 11.8 Å². The molecule has 3 N–H and O–H groups in total. The first-order valence-corrected chi connectivity index (χ1v) is 9.92. The van der Waals surface area contributed by atoms with E-state index in [1.165, 1.54) is 0 Å². The lowest BCUT2D eigenvalue weighted by molar-refractivity contribution is -0.124. The van der Waals surface area contributed by atoms with Crippen LogP contribution in [0.3, 0.4) is 0 Å². The van der Waals surface area contributed by atoms with Gasteiger partial charge in [-0.05, 0) is 74.3 Å². The fourth-order valence-corrected chi connectivity index (χ4v) is 6.48. The van der Waals surface area contributed by atoms with E-state index >= 15 is 0 Å². The first kappa shape index (κ1) is 17.0. The van der Waals surface area contributed by atoms with Crippen LogP contribution in [-0.4, -0.2) is 41.8 Å². The van der Waals surface area contributed by atoms with Crippen molar-refractivity contribution in [2.45, 2.75) is 25.3 Å². The molecule has 2 fully saturated rings. The number of nitrogens with two attached hydrogens (primary N) is 1. The van der Waals surface area contributed by atoms with E-state index in [4.69, 9.17) is 5.73 Å². The van der Waals surface area contributed by atoms with Crippen molar-refractivity contribution in [2.75, 3.05) is 14.1 Å². The van der Waals surface area contributed by atoms with E-state index in [9.17, 15) is 14.7 Å². The highest BCUT2D eigenvalue weighted by Crippen LogP contribution is 2.57. The van der Waals surface area contributed by atoms with Crippen molar-refractivity contribution in [3.63, 3.8) is 0 Å². The molecule has 6 unspecified atom stereocenters. The summed E-state index contributed by atoms with van der Waals surface area (Å²) in [5, 5.41) is 10.7. The summed E-state index contributed by atoms with van der Waals surface area (Å²) in [6, 6.07) is -0.280. The van der Waals surface area contributed by atoms with Crippen LogP contribution in [0.25, 0.3) is 0 Å². The smallest absolute Gasteiger partial charge is 0.252 e. The maximum atomic E-state index is 13.3. The maximum Gasteiger partial charge on any atom is 0.252 e. The summed E-state index contributed by atoms with van der Waals surface area (Å²) < 4.78 is 0. The van der Waals surface area contributed by atoms with Crippen LogP contribution < -0.4 is 5.73 Å². The van der Waals surface area contributed by atoms with E-state index in [1.807, 2.05) is 25.1 Å². The molecule has 0 radical (unpaired) electrons. The number of aliphatic hydroxyl groups is 1. The molecule has 0 spiro atoms. The third kappa shape index (κ3) is 2.27. The van der Waals surface area contributed by atoms with Gasteiger partial charge in [0.1, 0.15) is 5.76 Å². The van der Waals surface area contributed by atoms with E-state index < -0.39 is 5.91 Å². The Bertz CT molecular complexity index is 863. The van der Waals surface area contributed by atoms with Crippen LogP contribution in [0, 0.1) is 35.5 Å². The third-order valence-electron chi connectivity index (χ3n) is 7.56. The number of primary amides is 1. The molecule has 27 heavy (non-hydrogen) atoms. The number of carbonyl (C=O) groups excluding carboxylic acids is 2. The number of likely N-dealkylation sites (N-methyl/N-ethyl adjacent to an activating group) is 1. The molecule has 0 heterocycles. The fourth-order valence-electron chi connectivity index (χ4n) is 6.48. The minimum Gasteiger partial charge on any atom is -0.510 e. The van der Waals surface area contributed by atoms with Gasteiger partial charge in [0.15, 0.2) is 5.78 Å². The summed E-state index contributed by atoms with van der Waals surface area (Å²) in [7, 11) is 3.81. The van der Waals surface area contributed by atoms with Gasteiger partial charge in [-0.15, -0.1) is 0 Å². The molecular weight excluding hydrogens is 340 g/mol. The molecule has 0 aromatic rings. The van der Waals surface area contributed by atoms with Crippen LogP contribution in [-0.2, 0) is 9.59 Å². The van der Waals surface area contributed by atoms with Crippen molar-refractivity contribution in [2.24, 2.45) is 41.2 Å². The van der Waals surface area contributed by atoms with Crippen LogP contribution in [0.2, 0.25) is 0 Å². The van der Waals surface area contributed by atoms with Crippen LogP contribution in [0.1, 0.15) is 19.3 Å². The van der Waals surface area contributed by atoms with Gasteiger partial charge in [-0.3, -0.25) is 14.5 Å². The Balaban J connectivity index is 1.57. The number of allylic oxidation sites excluding steroid dienone is 4. The van der Waals surface area contributed by atoms with Gasteiger partial charge in [0.05, 0.1) is 11.6 Å². The van der Waals surface area contributed by atoms with E-state index in [2.05, 4.69) is 12.2 Å². The van der Waals surface area contributed by atoms with E-state index in [-0.39, 0.29) is 35.1 Å². The van der Waals surface area contributed by atoms with E-state index in [1.54, 1.807) is 6.08 Å². The number of hydrogen-bond donors (Lipinski definition) is 2. The first-order chi connectivity index (χ1) is 12.9. The van der Waals surface area contributed by atoms with Crippen LogP contribution in [0.4, 0.5) is 0 Å². The van der Waals surface area contributed by atoms with Crippen molar-refractivity contribution in [3.8, 4) is 0 Å². The van der Waals surface area contributed by atoms with Crippen molar-refractivity contribution in [1.82, 2.24) is 4.90 Å². The molecule has 0 aromatic carbocycles. The van der Waals surface area contributed by atoms with Gasteiger partial charge in [0.25, 0.3) is 5.91 Å². The van der Waals surface area contributed by atoms with Crippen molar-refractivity contribution >= 4 is 11.7 Å². The summed E-state index contributed by atoms with van der Waals surface area (Å²) in [5.74, 6) is 1.67. The largest absolute Gasteiger partial charge is 0.510 e. The standard InChI is InChI=1S/C22H26N2O3/c1-24(2)19-15-7-13-6-14-10-3-4-11(5-10)18(14)20(25)16(13)8-12(15)9-17(21(19)26)22(23)27/h3-4,8-11,13-15,18-19,26H,5-7H2,1-2H3,(H2,23,27)/t10?,11?,13?,14?,15?,18?,19-/m0/s1. The van der Waals surface area contributed by atoms with Gasteiger partial charge in [-0.1, -0.05) is 18.2 Å². The predicted molar refractivity (Wildman–Crippen MR) is 101 cm³/mol. The van der Waals surface area contributed by atoms with Crippen LogP contribution >= 0.6 is 0 Å². The maximum absolute atomic E-state index is 13.3. The number of aliphatic hydroxyl groups excluding tert-OH is 1. The summed E-state index contributed by atoms with van der Waals surface area (Å²) in [6.07, 6.45) is 11.3. The topological polar surface area (TPSA) is 83.6 Å². The highest BCUT2D eigenvalue weighted by Gasteiger charge is 2.54. The van der Waals surface area contributed by atoms with Crippen molar-refractivity contribution in [1.29, 1.82) is 0 Å². The van der Waals surface area contributed by atoms with Crippen molar-refractivity contribution < 1.29 is 14.7 Å². The average molecular weight is 366 g/mol. The molecule has 142 valence electrons. The summed E-state index contributed by atoms with van der Waals surface area (Å²) in [5.41, 5.74) is 7.55. The third-order valence-corrected chi connectivity index (χ3v) is 7.56. The van der Waals surface area contributed by atoms with E-state index in [0.29, 0.717) is 23.5 Å². The van der Waals surface area contributed by atoms with Gasteiger partial charge < -0.3 is 10.8 Å². The molecule has 5 aliphatic carbocycles. The van der Waals surface area contributed by atoms with Crippen LogP contribution in [0.5, 0.6) is 0 Å². The second-order valence-corrected chi connectivity index (χ2v) is 9.09. The zero-order valence-corrected chi connectivity index (χ0v) is 15.8. The van der Waals surface area contributed by atoms with Gasteiger partial charge in [-0.25, -0.2) is 0 Å². The molecule has 5 aliphatic rings. The minimum atomic E-state index is -0.626. The molecular formula is C22H26N2O3. The Hall–Kier alpha value is -2.14. The number of amides is 1. The van der Waals surface area contributed by atoms with Gasteiger partial charge in [-0.2, -0.15) is 0 Å². The van der Waals surface area contributed by atoms with Crippen molar-refractivity contribution in [3.05, 3.63) is 46.8 Å². The van der Waals surface area contributed by atoms with Crippen LogP contribution in [0.15, 0.2) is 46.8 Å². The molecule has 2 saturated carbocycles. The monoisotopic (exact) mass is 366 g/mol. The molecule has 0 saturated heterocycles. The molecule has 1 amide bonds. The Morgan fingerprint density at radius 1 is 1.15 bits per heavy atom. The first-order valence-electron chi connectivity index (χ1n) is 9.92. The van der Waals surface area contributed by atoms with Gasteiger partial charge >= 0.3 is 0 Å². The molecule has 0 aliphatic heterocycles. The molecule has 5 rings (SSSR count). The number of rotatable bonds is 2. The highest BCUT2D eigenvalue weighted by atomic mass is 16.3. The normalized spacial score (nSPS) is 41.9. The Labute approximate surface area is 159 Å². The quantitative estimate of drug-likeness (QED) is 0.734. The number of carbonyl (C=O) groups is 2. The average Bonchev–Trinajstić information content (AvgIpc) is 3.21. The Morgan fingerprint density at radius 3 is 2.59 bits per heavy atom. The zero-order chi connectivity index (χ0) is 19.0. The lowest BCUT2D eigenvalue weighted by Gasteiger charge is -2.45. The minimum absolute atomic E-state index is 0.0565. The number of hydrogen-bond acceptors (Lipinski definition) is 4. The lowest BCUT2D eigenvalue weighted by Crippen LogP contribution is -2.46. The van der Waals surface area contributed by atoms with Gasteiger partial charge in [0.2, 0.25) is 0 Å². The highest BCUT2D eigenvalue weighted by molar-refractivity contribution is 6.01. The molecule has 0 aromatic heterocycles. The lowest BCUT2D eigenvalue weighted by atomic mass is 9.60. The van der Waals surface area contributed by atoms with E-state index in [0.717, 1.165) is 30.4 Å². The Morgan fingerprint density at radius 2 is 1.89 bits per heavy atom. The zero-order valence-electron chi connectivity index (χ0n) is 15.8. The summed E-state index contributed by atoms with van der Waals surface area (Å²) in [4.78, 5) is 27.1.